The van der Waals surface area contributed by atoms with E-state index in [4.69, 9.17) is 14.2 Å². The van der Waals surface area contributed by atoms with Crippen LogP contribution in [0.3, 0.4) is 0 Å². The molecule has 3 fully saturated rings. The molecule has 0 aliphatic heterocycles. The fourth-order valence-electron chi connectivity index (χ4n) is 11.9. The Labute approximate surface area is 355 Å². The van der Waals surface area contributed by atoms with E-state index in [0.717, 1.165) is 73.5 Å². The standard InChI is InChI=1S/C49H87N3O6/c1-15-36(34(2)3)20-19-35(4)40-23-24-41-39-22-21-37-33-38(25-27-48(37,11)42(39)26-28-49(40,41)12)56-45(55)52(32-18-30-51(14)44(54)58-47(8,9)10)31-17-16-29-50(13)43(53)57-46(5,6)7/h21,34-36,38-42H,15-20,22-33H2,1-14H3/t35-,36-,38+,39+,40-,41+,42+,48+,49-/m1/s1. The monoisotopic (exact) mass is 814 g/mol. The lowest BCUT2D eigenvalue weighted by atomic mass is 9.47. The molecule has 0 N–H and O–H groups in total. The molecule has 0 aromatic rings. The normalized spacial score (nSPS) is 29.3. The third-order valence-electron chi connectivity index (χ3n) is 15.3. The number of carbonyl (C=O) groups is 3. The van der Waals surface area contributed by atoms with Crippen LogP contribution in [-0.2, 0) is 14.2 Å². The Morgan fingerprint density at radius 2 is 1.34 bits per heavy atom. The van der Waals surface area contributed by atoms with Gasteiger partial charge in [0, 0.05) is 46.7 Å². The smallest absolute Gasteiger partial charge is 0.410 e. The van der Waals surface area contributed by atoms with Gasteiger partial charge in [0.05, 0.1) is 0 Å². The van der Waals surface area contributed by atoms with Gasteiger partial charge in [0.15, 0.2) is 0 Å². The van der Waals surface area contributed by atoms with Crippen molar-refractivity contribution in [1.82, 2.24) is 14.7 Å². The fraction of sp³-hybridized carbons (Fsp3) is 0.898. The number of nitrogens with zero attached hydrogens (tertiary/aromatic N) is 3. The quantitative estimate of drug-likeness (QED) is 0.0876. The van der Waals surface area contributed by atoms with Crippen LogP contribution in [0.2, 0.25) is 0 Å². The van der Waals surface area contributed by atoms with Crippen LogP contribution in [0.4, 0.5) is 14.4 Å². The molecule has 334 valence electrons. The van der Waals surface area contributed by atoms with E-state index in [1.54, 1.807) is 28.8 Å². The molecule has 3 amide bonds. The van der Waals surface area contributed by atoms with Gasteiger partial charge in [-0.05, 0) is 164 Å². The summed E-state index contributed by atoms with van der Waals surface area (Å²) < 4.78 is 17.4. The lowest BCUT2D eigenvalue weighted by molar-refractivity contribution is -0.0596. The average molecular weight is 814 g/mol. The molecular weight excluding hydrogens is 727 g/mol. The van der Waals surface area contributed by atoms with Crippen LogP contribution in [-0.4, -0.2) is 90.6 Å². The van der Waals surface area contributed by atoms with Crippen molar-refractivity contribution in [3.05, 3.63) is 11.6 Å². The van der Waals surface area contributed by atoms with Crippen molar-refractivity contribution in [2.75, 3.05) is 40.3 Å². The number of carbonyl (C=O) groups excluding carboxylic acids is 3. The first-order chi connectivity index (χ1) is 27.0. The van der Waals surface area contributed by atoms with Crippen molar-refractivity contribution >= 4 is 18.3 Å². The Morgan fingerprint density at radius 1 is 0.759 bits per heavy atom. The van der Waals surface area contributed by atoms with Crippen molar-refractivity contribution < 1.29 is 28.6 Å². The molecule has 58 heavy (non-hydrogen) atoms. The fourth-order valence-corrected chi connectivity index (χ4v) is 11.9. The van der Waals surface area contributed by atoms with Gasteiger partial charge in [-0.25, -0.2) is 14.4 Å². The van der Waals surface area contributed by atoms with Crippen molar-refractivity contribution in [3.8, 4) is 0 Å². The van der Waals surface area contributed by atoms with Gasteiger partial charge in [-0.3, -0.25) is 0 Å². The summed E-state index contributed by atoms with van der Waals surface area (Å²) in [5.41, 5.74) is 1.06. The molecule has 0 unspecified atom stereocenters. The Balaban J connectivity index is 1.36. The number of rotatable bonds is 16. The molecule has 9 nitrogen and oxygen atoms in total. The highest BCUT2D eigenvalue weighted by Crippen LogP contribution is 2.67. The molecule has 0 saturated heterocycles. The first-order valence-corrected chi connectivity index (χ1v) is 23.5. The van der Waals surface area contributed by atoms with Crippen molar-refractivity contribution in [3.63, 3.8) is 0 Å². The zero-order valence-electron chi connectivity index (χ0n) is 39.7. The van der Waals surface area contributed by atoms with Crippen LogP contribution >= 0.6 is 0 Å². The summed E-state index contributed by atoms with van der Waals surface area (Å²) in [5, 5.41) is 0. The number of hydrogen-bond acceptors (Lipinski definition) is 6. The zero-order chi connectivity index (χ0) is 43.2. The maximum absolute atomic E-state index is 13.9. The minimum absolute atomic E-state index is 0.128. The van der Waals surface area contributed by atoms with E-state index in [1.165, 1.54) is 56.9 Å². The molecule has 4 aliphatic rings. The average Bonchev–Trinajstić information content (AvgIpc) is 3.48. The number of hydrogen-bond donors (Lipinski definition) is 0. The zero-order valence-corrected chi connectivity index (χ0v) is 39.7. The molecule has 4 rings (SSSR count). The van der Waals surface area contributed by atoms with Gasteiger partial charge < -0.3 is 28.9 Å². The Morgan fingerprint density at radius 3 is 1.93 bits per heavy atom. The lowest BCUT2D eigenvalue weighted by Gasteiger charge is -2.58. The van der Waals surface area contributed by atoms with Crippen LogP contribution in [0, 0.1) is 52.3 Å². The highest BCUT2D eigenvalue weighted by Gasteiger charge is 2.59. The van der Waals surface area contributed by atoms with Gasteiger partial charge in [0.25, 0.3) is 0 Å². The van der Waals surface area contributed by atoms with E-state index in [-0.39, 0.29) is 29.8 Å². The highest BCUT2D eigenvalue weighted by molar-refractivity contribution is 5.69. The number of amides is 3. The summed E-state index contributed by atoms with van der Waals surface area (Å²) in [7, 11) is 3.49. The Hall–Kier alpha value is -2.45. The van der Waals surface area contributed by atoms with Crippen molar-refractivity contribution in [1.29, 1.82) is 0 Å². The van der Waals surface area contributed by atoms with Gasteiger partial charge >= 0.3 is 18.3 Å². The second-order valence-corrected chi connectivity index (χ2v) is 22.1. The minimum atomic E-state index is -0.570. The number of ether oxygens (including phenoxy) is 3. The third-order valence-corrected chi connectivity index (χ3v) is 15.3. The lowest BCUT2D eigenvalue weighted by Crippen LogP contribution is -2.51. The number of allylic oxidation sites excluding steroid dienone is 1. The first kappa shape index (κ1) is 48.2. The van der Waals surface area contributed by atoms with Crippen molar-refractivity contribution in [2.24, 2.45) is 52.3 Å². The highest BCUT2D eigenvalue weighted by atomic mass is 16.6. The maximum atomic E-state index is 13.9. The van der Waals surface area contributed by atoms with E-state index >= 15 is 0 Å². The molecule has 3 saturated carbocycles. The predicted octanol–water partition coefficient (Wildman–Crippen LogP) is 12.4. The van der Waals surface area contributed by atoms with Gasteiger partial charge in [-0.1, -0.05) is 66.0 Å². The first-order valence-electron chi connectivity index (χ1n) is 23.5. The molecular formula is C49H87N3O6. The molecule has 9 heteroatoms. The summed E-state index contributed by atoms with van der Waals surface area (Å²) in [5.74, 6) is 5.60. The minimum Gasteiger partial charge on any atom is -0.446 e. The van der Waals surface area contributed by atoms with E-state index in [2.05, 4.69) is 47.6 Å². The van der Waals surface area contributed by atoms with Crippen LogP contribution in [0.25, 0.3) is 0 Å². The number of unbranched alkanes of at least 4 members (excludes halogenated alkanes) is 1. The predicted molar refractivity (Wildman–Crippen MR) is 236 cm³/mol. The summed E-state index contributed by atoms with van der Waals surface area (Å²) >= 11 is 0. The van der Waals surface area contributed by atoms with Crippen molar-refractivity contribution in [2.45, 2.75) is 190 Å². The molecule has 0 spiro atoms. The van der Waals surface area contributed by atoms with Gasteiger partial charge in [-0.2, -0.15) is 0 Å². The Bertz CT molecular complexity index is 1400. The van der Waals surface area contributed by atoms with E-state index in [1.807, 2.05) is 41.5 Å². The van der Waals surface area contributed by atoms with Crippen LogP contribution < -0.4 is 0 Å². The van der Waals surface area contributed by atoms with E-state index in [0.29, 0.717) is 38.0 Å². The summed E-state index contributed by atoms with van der Waals surface area (Å²) in [6.45, 7) is 28.2. The van der Waals surface area contributed by atoms with Crippen LogP contribution in [0.15, 0.2) is 11.6 Å². The van der Waals surface area contributed by atoms with Crippen LogP contribution in [0.5, 0.6) is 0 Å². The molecule has 0 heterocycles. The maximum Gasteiger partial charge on any atom is 0.410 e. The largest absolute Gasteiger partial charge is 0.446 e. The topological polar surface area (TPSA) is 88.6 Å². The molecule has 0 aromatic heterocycles. The molecule has 4 aliphatic carbocycles. The molecule has 0 bridgehead atoms. The summed E-state index contributed by atoms with van der Waals surface area (Å²) in [6.07, 6.45) is 17.1. The van der Waals surface area contributed by atoms with Crippen LogP contribution in [0.1, 0.15) is 173 Å². The number of fused-ring (bicyclic) bond motifs is 5. The van der Waals surface area contributed by atoms with Gasteiger partial charge in [0.2, 0.25) is 0 Å². The molecule has 9 atom stereocenters. The Kier molecular flexibility index (Phi) is 16.6. The van der Waals surface area contributed by atoms with E-state index < -0.39 is 11.2 Å². The summed E-state index contributed by atoms with van der Waals surface area (Å²) in [6, 6.07) is 0. The third kappa shape index (κ3) is 12.3. The van der Waals surface area contributed by atoms with E-state index in [9.17, 15) is 14.4 Å². The SMILES string of the molecule is CC[C@H](CC[C@@H](C)[C@H]1CC[C@H]2[C@@H]3CC=C4C[C@@H](OC(=O)N(CCCCN(C)C(=O)OC(C)(C)C)CCCN(C)C(=O)OC(C)(C)C)CC[C@]4(C)[C@H]3CC[C@]12C)C(C)C. The molecule has 0 radical (unpaired) electrons. The second-order valence-electron chi connectivity index (χ2n) is 22.1. The summed E-state index contributed by atoms with van der Waals surface area (Å²) in [4.78, 5) is 44.0. The second kappa shape index (κ2) is 19.9. The molecule has 0 aromatic carbocycles. The van der Waals surface area contributed by atoms with Gasteiger partial charge in [-0.15, -0.1) is 0 Å². The van der Waals surface area contributed by atoms with Gasteiger partial charge in [0.1, 0.15) is 17.3 Å².